The summed E-state index contributed by atoms with van der Waals surface area (Å²) in [7, 11) is 0. The minimum absolute atomic E-state index is 0. The second kappa shape index (κ2) is 5.34. The molecule has 0 fully saturated rings. The Morgan fingerprint density at radius 3 is 2.00 bits per heavy atom. The summed E-state index contributed by atoms with van der Waals surface area (Å²) in [6, 6.07) is 0. The number of primary amides is 1. The molecule has 0 heterocycles. The van der Waals surface area contributed by atoms with E-state index in [4.69, 9.17) is 0 Å². The van der Waals surface area contributed by atoms with Gasteiger partial charge in [-0.3, -0.25) is 4.79 Å². The molecule has 1 amide bonds. The number of amides is 1. The van der Waals surface area contributed by atoms with Crippen LogP contribution in [0.5, 0.6) is 0 Å². The SMILES string of the molecule is CSC(N)=O.[Cu]. The fourth-order valence-corrected chi connectivity index (χ4v) is 0. The van der Waals surface area contributed by atoms with Crippen molar-refractivity contribution in [2.75, 3.05) is 6.26 Å². The standard InChI is InChI=1S/C2H5NOS.Cu/c1-5-2(3)4;/h1H3,(H2,3,4);. The van der Waals surface area contributed by atoms with Gasteiger partial charge in [0.05, 0.1) is 0 Å². The Morgan fingerprint density at radius 1 is 1.83 bits per heavy atom. The van der Waals surface area contributed by atoms with Gasteiger partial charge < -0.3 is 5.73 Å². The topological polar surface area (TPSA) is 43.1 Å². The largest absolute Gasteiger partial charge is 0.361 e. The molecule has 4 heteroatoms. The molecule has 1 radical (unpaired) electrons. The fourth-order valence-electron chi connectivity index (χ4n) is 0. The molecule has 0 aliphatic rings. The number of rotatable bonds is 0. The zero-order chi connectivity index (χ0) is 4.28. The zero-order valence-corrected chi connectivity index (χ0v) is 4.95. The number of nitrogens with two attached hydrogens (primary N) is 1. The molecule has 2 N–H and O–H groups in total. The van der Waals surface area contributed by atoms with Crippen LogP contribution in [0.25, 0.3) is 0 Å². The van der Waals surface area contributed by atoms with Crippen molar-refractivity contribution in [2.24, 2.45) is 5.73 Å². The predicted molar refractivity (Wildman–Crippen MR) is 23.1 cm³/mol. The van der Waals surface area contributed by atoms with Crippen molar-refractivity contribution in [1.29, 1.82) is 0 Å². The van der Waals surface area contributed by atoms with E-state index in [1.54, 1.807) is 6.26 Å². The van der Waals surface area contributed by atoms with Crippen molar-refractivity contribution in [3.05, 3.63) is 0 Å². The van der Waals surface area contributed by atoms with Crippen LogP contribution in [0, 0.1) is 0 Å². The van der Waals surface area contributed by atoms with Gasteiger partial charge >= 0.3 is 0 Å². The van der Waals surface area contributed by atoms with E-state index in [0.29, 0.717) is 0 Å². The summed E-state index contributed by atoms with van der Waals surface area (Å²) in [6.07, 6.45) is 1.64. The predicted octanol–water partition coefficient (Wildman–Crippen LogP) is 0.426. The second-order valence-corrected chi connectivity index (χ2v) is 1.33. The Bertz CT molecular complexity index is 48.8. The van der Waals surface area contributed by atoms with Crippen molar-refractivity contribution in [3.63, 3.8) is 0 Å². The van der Waals surface area contributed by atoms with Crippen LogP contribution in [-0.2, 0) is 17.1 Å². The van der Waals surface area contributed by atoms with Crippen LogP contribution in [0.4, 0.5) is 4.79 Å². The summed E-state index contributed by atoms with van der Waals surface area (Å²) >= 11 is 1.02. The van der Waals surface area contributed by atoms with Gasteiger partial charge in [0.15, 0.2) is 0 Å². The van der Waals surface area contributed by atoms with Crippen molar-refractivity contribution >= 4 is 17.0 Å². The van der Waals surface area contributed by atoms with Crippen LogP contribution in [0.2, 0.25) is 0 Å². The molecule has 41 valence electrons. The molecule has 0 rings (SSSR count). The van der Waals surface area contributed by atoms with Gasteiger partial charge in [0, 0.05) is 17.1 Å². The molecule has 0 aliphatic carbocycles. The van der Waals surface area contributed by atoms with E-state index in [9.17, 15) is 4.79 Å². The van der Waals surface area contributed by atoms with Crippen LogP contribution < -0.4 is 5.73 Å². The Hall–Kier alpha value is 0.339. The molecule has 0 aromatic rings. The summed E-state index contributed by atoms with van der Waals surface area (Å²) < 4.78 is 0. The molecule has 0 saturated heterocycles. The first-order valence-electron chi connectivity index (χ1n) is 1.11. The van der Waals surface area contributed by atoms with Gasteiger partial charge in [0.1, 0.15) is 0 Å². The first-order chi connectivity index (χ1) is 2.27. The first kappa shape index (κ1) is 9.60. The molecular formula is C2H5CuNOS. The number of thioether (sulfide) groups is 1. The Balaban J connectivity index is 0. The maximum atomic E-state index is 9.55. The minimum Gasteiger partial charge on any atom is -0.361 e. The molecule has 0 aliphatic heterocycles. The van der Waals surface area contributed by atoms with Crippen LogP contribution >= 0.6 is 11.8 Å². The van der Waals surface area contributed by atoms with Gasteiger partial charge in [-0.05, 0) is 6.26 Å². The zero-order valence-electron chi connectivity index (χ0n) is 3.20. The first-order valence-corrected chi connectivity index (χ1v) is 2.33. The smallest absolute Gasteiger partial charge is 0.276 e. The van der Waals surface area contributed by atoms with Crippen molar-refractivity contribution < 1.29 is 21.9 Å². The molecule has 0 aromatic carbocycles. The average Bonchev–Trinajstić information content (AvgIpc) is 1.38. The Kier molecular flexibility index (Phi) is 8.54. The van der Waals surface area contributed by atoms with Crippen LogP contribution in [-0.4, -0.2) is 11.5 Å². The van der Waals surface area contributed by atoms with Crippen LogP contribution in [0.15, 0.2) is 0 Å². The van der Waals surface area contributed by atoms with Gasteiger partial charge in [-0.2, -0.15) is 0 Å². The summed E-state index contributed by atoms with van der Waals surface area (Å²) in [6.45, 7) is 0. The fraction of sp³-hybridized carbons (Fsp3) is 0.500. The van der Waals surface area contributed by atoms with E-state index in [0.717, 1.165) is 11.8 Å². The molecule has 0 unspecified atom stereocenters. The number of carbonyl (C=O) groups is 1. The van der Waals surface area contributed by atoms with Gasteiger partial charge in [-0.1, -0.05) is 11.8 Å². The number of hydrogen-bond acceptors (Lipinski definition) is 2. The number of carbonyl (C=O) groups excluding carboxylic acids is 1. The molecule has 0 aromatic heterocycles. The van der Waals surface area contributed by atoms with E-state index in [2.05, 4.69) is 5.73 Å². The minimum atomic E-state index is -0.329. The molecule has 2 nitrogen and oxygen atoms in total. The van der Waals surface area contributed by atoms with E-state index >= 15 is 0 Å². The monoisotopic (exact) mass is 154 g/mol. The summed E-state index contributed by atoms with van der Waals surface area (Å²) in [5.74, 6) is 0. The van der Waals surface area contributed by atoms with Gasteiger partial charge in [-0.25, -0.2) is 0 Å². The normalized spacial score (nSPS) is 6.17. The summed E-state index contributed by atoms with van der Waals surface area (Å²) in [5.41, 5.74) is 4.62. The molecule has 0 spiro atoms. The van der Waals surface area contributed by atoms with E-state index in [-0.39, 0.29) is 22.3 Å². The van der Waals surface area contributed by atoms with Gasteiger partial charge in [-0.15, -0.1) is 0 Å². The van der Waals surface area contributed by atoms with Gasteiger partial charge in [0.2, 0.25) is 0 Å². The molecular weight excluding hydrogens is 150 g/mol. The third-order valence-corrected chi connectivity index (χ3v) is 0.604. The van der Waals surface area contributed by atoms with Crippen molar-refractivity contribution in [3.8, 4) is 0 Å². The maximum Gasteiger partial charge on any atom is 0.276 e. The van der Waals surface area contributed by atoms with Crippen LogP contribution in [0.1, 0.15) is 0 Å². The van der Waals surface area contributed by atoms with E-state index in [1.807, 2.05) is 0 Å². The molecule has 0 bridgehead atoms. The van der Waals surface area contributed by atoms with Gasteiger partial charge in [0.25, 0.3) is 5.24 Å². The van der Waals surface area contributed by atoms with Crippen LogP contribution in [0.3, 0.4) is 0 Å². The summed E-state index contributed by atoms with van der Waals surface area (Å²) in [4.78, 5) is 9.55. The van der Waals surface area contributed by atoms with E-state index in [1.165, 1.54) is 0 Å². The number of hydrogen-bond donors (Lipinski definition) is 1. The Morgan fingerprint density at radius 2 is 2.00 bits per heavy atom. The van der Waals surface area contributed by atoms with Crippen molar-refractivity contribution in [1.82, 2.24) is 0 Å². The quantitative estimate of drug-likeness (QED) is 0.515. The van der Waals surface area contributed by atoms with Crippen molar-refractivity contribution in [2.45, 2.75) is 0 Å². The average molecular weight is 155 g/mol. The third-order valence-electron chi connectivity index (χ3n) is 0.201. The molecule has 0 atom stereocenters. The summed E-state index contributed by atoms with van der Waals surface area (Å²) in [5, 5.41) is -0.329. The van der Waals surface area contributed by atoms with E-state index < -0.39 is 0 Å². The maximum absolute atomic E-state index is 9.55. The molecule has 0 saturated carbocycles. The second-order valence-electron chi connectivity index (χ2n) is 0.523. The molecule has 6 heavy (non-hydrogen) atoms. The Labute approximate surface area is 51.3 Å². The third kappa shape index (κ3) is 8.84.